The van der Waals surface area contributed by atoms with Crippen molar-refractivity contribution in [1.82, 2.24) is 29.5 Å². The second-order valence-electron chi connectivity index (χ2n) is 14.4. The Kier molecular flexibility index (Phi) is 8.75. The van der Waals surface area contributed by atoms with Gasteiger partial charge in [-0.05, 0) is 96.5 Å². The molecule has 5 heterocycles. The average molecular weight is 730 g/mol. The van der Waals surface area contributed by atoms with Crippen LogP contribution in [-0.2, 0) is 19.5 Å². The molecule has 0 spiro atoms. The smallest absolute Gasteiger partial charge is 0.319 e. The molecule has 1 N–H and O–H groups in total. The van der Waals surface area contributed by atoms with E-state index >= 15 is 13.2 Å². The van der Waals surface area contributed by atoms with Gasteiger partial charge in [-0.25, -0.2) is 17.6 Å². The zero-order chi connectivity index (χ0) is 37.2. The number of benzene rings is 3. The van der Waals surface area contributed by atoms with E-state index in [1.807, 2.05) is 4.90 Å². The number of aryl methyl sites for hydroxylation is 2. The molecule has 2 aromatic heterocycles. The van der Waals surface area contributed by atoms with E-state index < -0.39 is 28.6 Å². The van der Waals surface area contributed by atoms with Crippen LogP contribution in [0.3, 0.4) is 0 Å². The maximum atomic E-state index is 17.2. The molecule has 2 fully saturated rings. The van der Waals surface area contributed by atoms with Gasteiger partial charge >= 0.3 is 6.01 Å². The fourth-order valence-corrected chi connectivity index (χ4v) is 8.38. The van der Waals surface area contributed by atoms with Crippen LogP contribution in [0.5, 0.6) is 11.8 Å². The summed E-state index contributed by atoms with van der Waals surface area (Å²) in [6.07, 6.45) is 3.67. The van der Waals surface area contributed by atoms with Crippen LogP contribution in [0.1, 0.15) is 54.4 Å². The number of phenolic OH excluding ortho intramolecular Hbond substituents is 1. The van der Waals surface area contributed by atoms with E-state index in [2.05, 4.69) is 15.0 Å². The molecule has 8 rings (SSSR count). The Balaban J connectivity index is 1.29. The predicted octanol–water partition coefficient (Wildman–Crippen LogP) is 6.91. The van der Waals surface area contributed by atoms with E-state index in [0.29, 0.717) is 49.8 Å². The lowest BCUT2D eigenvalue weighted by molar-refractivity contribution is 0.0821. The largest absolute Gasteiger partial charge is 0.508 e. The summed E-state index contributed by atoms with van der Waals surface area (Å²) in [4.78, 5) is 27.6. The minimum Gasteiger partial charge on any atom is -0.508 e. The summed E-state index contributed by atoms with van der Waals surface area (Å²) in [5.41, 5.74) is 0.777. The Labute approximate surface area is 303 Å². The lowest BCUT2D eigenvalue weighted by Gasteiger charge is -2.31. The summed E-state index contributed by atoms with van der Waals surface area (Å²) in [6, 6.07) is 8.15. The molecule has 0 aliphatic carbocycles. The predicted molar refractivity (Wildman–Crippen MR) is 192 cm³/mol. The number of rotatable bonds is 7. The number of carbonyl (C=O) groups is 1. The molecule has 0 saturated carbocycles. The number of nitrogens with zero attached hydrogens (tertiary/aromatic N) is 7. The van der Waals surface area contributed by atoms with Crippen LogP contribution < -0.4 is 9.64 Å². The molecule has 3 aliphatic heterocycles. The molecule has 10 nitrogen and oxygen atoms in total. The van der Waals surface area contributed by atoms with Crippen molar-refractivity contribution >= 4 is 33.4 Å². The van der Waals surface area contributed by atoms with E-state index in [-0.39, 0.29) is 76.2 Å². The van der Waals surface area contributed by atoms with Crippen molar-refractivity contribution in [2.75, 3.05) is 45.2 Å². The number of amides is 1. The third kappa shape index (κ3) is 5.92. The molecular formula is C39H39F4N7O3. The standard InChI is InChI=1S/C39H39F4N7O3/c1-4-26-29(41)8-7-23-13-25(51)15-27(32(23)26)33-30(42)16-28-35(34(33)43)44-38(53-21-39-9-5-11-49(39)19-22(17-39)18-40)45-36(28)48-10-6-12-50-24(20-48)14-31(46-50)37(52)47(2)3/h7-8,13-16,18,51H,4-6,9-12,17,19-21H2,1-3H3/b22-18-. The number of hydrogen-bond acceptors (Lipinski definition) is 8. The molecule has 276 valence electrons. The molecule has 3 aliphatic rings. The summed E-state index contributed by atoms with van der Waals surface area (Å²) in [5, 5.41) is 16.0. The Morgan fingerprint density at radius 3 is 2.64 bits per heavy atom. The van der Waals surface area contributed by atoms with E-state index in [4.69, 9.17) is 9.72 Å². The van der Waals surface area contributed by atoms with Gasteiger partial charge in [-0.1, -0.05) is 13.0 Å². The highest BCUT2D eigenvalue weighted by Crippen LogP contribution is 2.44. The van der Waals surface area contributed by atoms with Gasteiger partial charge in [0.1, 0.15) is 35.3 Å². The van der Waals surface area contributed by atoms with Crippen LogP contribution in [0.4, 0.5) is 23.4 Å². The van der Waals surface area contributed by atoms with Crippen LogP contribution >= 0.6 is 0 Å². The Morgan fingerprint density at radius 1 is 1.04 bits per heavy atom. The van der Waals surface area contributed by atoms with Gasteiger partial charge in [-0.2, -0.15) is 15.1 Å². The van der Waals surface area contributed by atoms with Crippen LogP contribution in [0.2, 0.25) is 0 Å². The molecule has 2 saturated heterocycles. The van der Waals surface area contributed by atoms with Crippen molar-refractivity contribution in [1.29, 1.82) is 0 Å². The number of aromatic nitrogens is 4. The van der Waals surface area contributed by atoms with E-state index in [1.54, 1.807) is 31.8 Å². The highest BCUT2D eigenvalue weighted by Gasteiger charge is 2.47. The fraction of sp³-hybridized carbons (Fsp3) is 0.385. The van der Waals surface area contributed by atoms with E-state index in [0.717, 1.165) is 25.1 Å². The second kappa shape index (κ2) is 13.3. The molecule has 3 aromatic carbocycles. The van der Waals surface area contributed by atoms with E-state index in [1.165, 1.54) is 35.2 Å². The Morgan fingerprint density at radius 2 is 1.87 bits per heavy atom. The molecule has 14 heteroatoms. The van der Waals surface area contributed by atoms with Crippen molar-refractivity contribution in [3.63, 3.8) is 0 Å². The molecule has 0 radical (unpaired) electrons. The summed E-state index contributed by atoms with van der Waals surface area (Å²) in [5.74, 6) is -2.75. The first kappa shape index (κ1) is 34.8. The second-order valence-corrected chi connectivity index (χ2v) is 14.4. The number of phenols is 1. The van der Waals surface area contributed by atoms with E-state index in [9.17, 15) is 14.3 Å². The number of halogens is 4. The molecule has 1 amide bonds. The SMILES string of the molecule is CCc1c(F)ccc2cc(O)cc(-c3c(F)cc4c(N5CCCn6nc(C(=O)N(C)C)cc6C5)nc(OCC56CCCN5C/C(=C\F)C6)nc4c3F)c12. The quantitative estimate of drug-likeness (QED) is 0.181. The highest BCUT2D eigenvalue weighted by molar-refractivity contribution is 6.03. The van der Waals surface area contributed by atoms with Crippen molar-refractivity contribution in [2.24, 2.45) is 0 Å². The fourth-order valence-electron chi connectivity index (χ4n) is 8.38. The van der Waals surface area contributed by atoms with Crippen LogP contribution in [0.25, 0.3) is 32.8 Å². The zero-order valence-electron chi connectivity index (χ0n) is 29.7. The van der Waals surface area contributed by atoms with Gasteiger partial charge < -0.3 is 19.6 Å². The number of ether oxygens (including phenoxy) is 1. The van der Waals surface area contributed by atoms with Crippen LogP contribution in [0.15, 0.2) is 48.3 Å². The van der Waals surface area contributed by atoms with Crippen molar-refractivity contribution in [3.05, 3.63) is 82.7 Å². The van der Waals surface area contributed by atoms with Gasteiger partial charge in [0.25, 0.3) is 5.91 Å². The molecule has 5 aromatic rings. The zero-order valence-corrected chi connectivity index (χ0v) is 29.7. The maximum absolute atomic E-state index is 17.2. The molecular weight excluding hydrogens is 690 g/mol. The normalized spacial score (nSPS) is 19.6. The van der Waals surface area contributed by atoms with Crippen LogP contribution in [-0.4, -0.2) is 86.4 Å². The summed E-state index contributed by atoms with van der Waals surface area (Å²) in [7, 11) is 3.30. The molecule has 53 heavy (non-hydrogen) atoms. The minimum atomic E-state index is -1.02. The van der Waals surface area contributed by atoms with Gasteiger partial charge in [0.15, 0.2) is 11.5 Å². The lowest BCUT2D eigenvalue weighted by Crippen LogP contribution is -2.43. The monoisotopic (exact) mass is 729 g/mol. The minimum absolute atomic E-state index is 0.00961. The summed E-state index contributed by atoms with van der Waals surface area (Å²) in [6.45, 7) is 4.34. The molecule has 1 atom stereocenters. The van der Waals surface area contributed by atoms with Gasteiger partial charge in [0.2, 0.25) is 0 Å². The molecule has 0 bridgehead atoms. The first-order valence-electron chi connectivity index (χ1n) is 17.8. The Bertz CT molecular complexity index is 2330. The summed E-state index contributed by atoms with van der Waals surface area (Å²) >= 11 is 0. The van der Waals surface area contributed by atoms with Crippen molar-refractivity contribution < 1.29 is 32.2 Å². The lowest BCUT2D eigenvalue weighted by atomic mass is 9.91. The number of carbonyl (C=O) groups excluding carboxylic acids is 1. The van der Waals surface area contributed by atoms with Crippen molar-refractivity contribution in [2.45, 2.75) is 57.7 Å². The van der Waals surface area contributed by atoms with Crippen molar-refractivity contribution in [3.8, 4) is 22.9 Å². The number of hydrogen-bond donors (Lipinski definition) is 1. The number of aromatic hydroxyl groups is 1. The summed E-state index contributed by atoms with van der Waals surface area (Å²) < 4.78 is 70.6. The number of anilines is 1. The van der Waals surface area contributed by atoms with Gasteiger partial charge in [-0.15, -0.1) is 0 Å². The molecule has 1 unspecified atom stereocenters. The average Bonchev–Trinajstić information content (AvgIpc) is 3.78. The van der Waals surface area contributed by atoms with Gasteiger partial charge in [0.05, 0.1) is 29.7 Å². The Hall–Kier alpha value is -5.24. The van der Waals surface area contributed by atoms with Crippen LogP contribution in [0, 0.1) is 17.5 Å². The topological polar surface area (TPSA) is 99.9 Å². The highest BCUT2D eigenvalue weighted by atomic mass is 19.1. The van der Waals surface area contributed by atoms with Gasteiger partial charge in [0, 0.05) is 39.1 Å². The third-order valence-corrected chi connectivity index (χ3v) is 10.9. The third-order valence-electron chi connectivity index (χ3n) is 10.9. The van der Waals surface area contributed by atoms with Gasteiger partial charge in [-0.3, -0.25) is 14.4 Å². The number of fused-ring (bicyclic) bond motifs is 4. The first-order valence-corrected chi connectivity index (χ1v) is 17.8. The maximum Gasteiger partial charge on any atom is 0.319 e. The first-order chi connectivity index (χ1) is 25.5.